The van der Waals surface area contributed by atoms with E-state index in [1.165, 1.54) is 11.1 Å². The third kappa shape index (κ3) is 4.14. The summed E-state index contributed by atoms with van der Waals surface area (Å²) in [7, 11) is 0. The summed E-state index contributed by atoms with van der Waals surface area (Å²) in [6.07, 6.45) is 2.55. The monoisotopic (exact) mass is 202 g/mol. The molecular formula is C11H14N4. The van der Waals surface area contributed by atoms with Gasteiger partial charge >= 0.3 is 0 Å². The number of nitrogens with one attached hydrogen (secondary N) is 1. The standard InChI is InChI=1S/C11H14N4/c1-9-2-4-10(5-3-9)6-7-14-11(13)15-8-12/h2-5H,6-7H2,1H3,(H3,13,14,15). The van der Waals surface area contributed by atoms with Crippen molar-refractivity contribution in [2.45, 2.75) is 13.3 Å². The largest absolute Gasteiger partial charge is 0.369 e. The van der Waals surface area contributed by atoms with Gasteiger partial charge in [-0.05, 0) is 18.9 Å². The molecule has 1 aromatic carbocycles. The van der Waals surface area contributed by atoms with E-state index >= 15 is 0 Å². The van der Waals surface area contributed by atoms with Gasteiger partial charge in [-0.3, -0.25) is 10.3 Å². The zero-order valence-corrected chi connectivity index (χ0v) is 8.70. The molecule has 4 nitrogen and oxygen atoms in total. The van der Waals surface area contributed by atoms with Crippen LogP contribution < -0.4 is 11.1 Å². The molecule has 4 heteroatoms. The van der Waals surface area contributed by atoms with Gasteiger partial charge in [0.1, 0.15) is 0 Å². The van der Waals surface area contributed by atoms with Crippen LogP contribution in [0.3, 0.4) is 0 Å². The zero-order chi connectivity index (χ0) is 11.1. The van der Waals surface area contributed by atoms with E-state index in [-0.39, 0.29) is 5.96 Å². The first-order valence-corrected chi connectivity index (χ1v) is 4.73. The molecule has 0 saturated carbocycles. The van der Waals surface area contributed by atoms with Crippen LogP contribution in [0.1, 0.15) is 11.1 Å². The van der Waals surface area contributed by atoms with Gasteiger partial charge in [0.2, 0.25) is 5.96 Å². The van der Waals surface area contributed by atoms with Crippen molar-refractivity contribution >= 4 is 5.96 Å². The highest BCUT2D eigenvalue weighted by Crippen LogP contribution is 2.03. The molecule has 0 aliphatic carbocycles. The van der Waals surface area contributed by atoms with E-state index < -0.39 is 0 Å². The van der Waals surface area contributed by atoms with Gasteiger partial charge in [-0.1, -0.05) is 29.8 Å². The maximum absolute atomic E-state index is 8.26. The van der Waals surface area contributed by atoms with Crippen molar-refractivity contribution in [3.05, 3.63) is 35.4 Å². The van der Waals surface area contributed by atoms with E-state index in [4.69, 9.17) is 11.0 Å². The number of nitrogens with zero attached hydrogens (tertiary/aromatic N) is 2. The molecule has 1 rings (SSSR count). The Balaban J connectivity index is 2.41. The molecule has 0 radical (unpaired) electrons. The summed E-state index contributed by atoms with van der Waals surface area (Å²) >= 11 is 0. The molecule has 0 fully saturated rings. The van der Waals surface area contributed by atoms with Crippen LogP contribution in [-0.4, -0.2) is 12.5 Å². The fraction of sp³-hybridized carbons (Fsp3) is 0.273. The fourth-order valence-electron chi connectivity index (χ4n) is 1.16. The quantitative estimate of drug-likeness (QED) is 0.331. The van der Waals surface area contributed by atoms with Crippen LogP contribution in [-0.2, 0) is 6.42 Å². The molecule has 0 saturated heterocycles. The summed E-state index contributed by atoms with van der Waals surface area (Å²) in [5.74, 6) is 0.171. The highest BCUT2D eigenvalue weighted by Gasteiger charge is 1.92. The SMILES string of the molecule is Cc1ccc(CCN=C(N)NC#N)cc1. The first kappa shape index (κ1) is 11.1. The molecule has 15 heavy (non-hydrogen) atoms. The zero-order valence-electron chi connectivity index (χ0n) is 8.70. The Morgan fingerprint density at radius 3 is 2.73 bits per heavy atom. The van der Waals surface area contributed by atoms with Gasteiger partial charge in [-0.2, -0.15) is 5.26 Å². The van der Waals surface area contributed by atoms with Crippen molar-refractivity contribution in [3.63, 3.8) is 0 Å². The van der Waals surface area contributed by atoms with Crippen LogP contribution in [0, 0.1) is 18.4 Å². The highest BCUT2D eigenvalue weighted by atomic mass is 15.1. The van der Waals surface area contributed by atoms with Crippen LogP contribution in [0.25, 0.3) is 0 Å². The molecule has 0 atom stereocenters. The lowest BCUT2D eigenvalue weighted by molar-refractivity contribution is 0.953. The third-order valence-corrected chi connectivity index (χ3v) is 1.99. The third-order valence-electron chi connectivity index (χ3n) is 1.99. The minimum Gasteiger partial charge on any atom is -0.369 e. The van der Waals surface area contributed by atoms with Gasteiger partial charge < -0.3 is 5.73 Å². The van der Waals surface area contributed by atoms with Crippen LogP contribution in [0.4, 0.5) is 0 Å². The molecule has 0 unspecified atom stereocenters. The van der Waals surface area contributed by atoms with Crippen LogP contribution in [0.2, 0.25) is 0 Å². The fourth-order valence-corrected chi connectivity index (χ4v) is 1.16. The first-order valence-electron chi connectivity index (χ1n) is 4.73. The first-order chi connectivity index (χ1) is 7.22. The predicted octanol–water partition coefficient (Wildman–Crippen LogP) is 0.923. The van der Waals surface area contributed by atoms with Crippen molar-refractivity contribution in [1.82, 2.24) is 5.32 Å². The van der Waals surface area contributed by atoms with Gasteiger partial charge in [-0.15, -0.1) is 0 Å². The minimum absolute atomic E-state index is 0.171. The molecule has 3 N–H and O–H groups in total. The molecule has 0 aliphatic heterocycles. The summed E-state index contributed by atoms with van der Waals surface area (Å²) in [5.41, 5.74) is 7.85. The number of aliphatic imine (C=N–C) groups is 1. The smallest absolute Gasteiger partial charge is 0.202 e. The number of nitrogens with two attached hydrogens (primary N) is 1. The second-order valence-electron chi connectivity index (χ2n) is 3.24. The van der Waals surface area contributed by atoms with Gasteiger partial charge in [0.15, 0.2) is 6.19 Å². The molecule has 1 aromatic rings. The van der Waals surface area contributed by atoms with E-state index in [1.54, 1.807) is 6.19 Å². The van der Waals surface area contributed by atoms with Crippen LogP contribution >= 0.6 is 0 Å². The van der Waals surface area contributed by atoms with E-state index in [0.717, 1.165) is 6.42 Å². The Morgan fingerprint density at radius 1 is 1.47 bits per heavy atom. The molecule has 0 aromatic heterocycles. The lowest BCUT2D eigenvalue weighted by Crippen LogP contribution is -2.27. The van der Waals surface area contributed by atoms with E-state index in [2.05, 4.69) is 41.5 Å². The second kappa shape index (κ2) is 5.66. The average molecular weight is 202 g/mol. The molecule has 0 spiro atoms. The molecule has 0 bridgehead atoms. The van der Waals surface area contributed by atoms with E-state index in [0.29, 0.717) is 6.54 Å². The van der Waals surface area contributed by atoms with Crippen molar-refractivity contribution in [2.75, 3.05) is 6.54 Å². The Bertz CT molecular complexity index is 373. The number of hydrogen-bond donors (Lipinski definition) is 2. The van der Waals surface area contributed by atoms with Gasteiger partial charge in [0.25, 0.3) is 0 Å². The molecule has 0 aliphatic rings. The number of nitriles is 1. The number of aryl methyl sites for hydroxylation is 1. The number of benzene rings is 1. The van der Waals surface area contributed by atoms with Crippen molar-refractivity contribution in [3.8, 4) is 6.19 Å². The van der Waals surface area contributed by atoms with E-state index in [1.807, 2.05) is 0 Å². The second-order valence-corrected chi connectivity index (χ2v) is 3.24. The summed E-state index contributed by atoms with van der Waals surface area (Å²) in [4.78, 5) is 3.99. The lowest BCUT2D eigenvalue weighted by atomic mass is 10.1. The van der Waals surface area contributed by atoms with Crippen LogP contribution in [0.5, 0.6) is 0 Å². The van der Waals surface area contributed by atoms with Crippen LogP contribution in [0.15, 0.2) is 29.3 Å². The number of guanidine groups is 1. The Kier molecular flexibility index (Phi) is 4.17. The Hall–Kier alpha value is -2.02. The summed E-state index contributed by atoms with van der Waals surface area (Å²) < 4.78 is 0. The highest BCUT2D eigenvalue weighted by molar-refractivity contribution is 5.79. The number of hydrogen-bond acceptors (Lipinski definition) is 2. The normalized spacial score (nSPS) is 10.8. The average Bonchev–Trinajstić information content (AvgIpc) is 2.21. The topological polar surface area (TPSA) is 74.2 Å². The van der Waals surface area contributed by atoms with Gasteiger partial charge in [-0.25, -0.2) is 0 Å². The summed E-state index contributed by atoms with van der Waals surface area (Å²) in [5, 5.41) is 10.5. The van der Waals surface area contributed by atoms with Gasteiger partial charge in [0, 0.05) is 6.54 Å². The van der Waals surface area contributed by atoms with Crippen molar-refractivity contribution < 1.29 is 0 Å². The molecular weight excluding hydrogens is 188 g/mol. The summed E-state index contributed by atoms with van der Waals surface area (Å²) in [6.45, 7) is 2.64. The number of rotatable bonds is 3. The molecule has 0 amide bonds. The van der Waals surface area contributed by atoms with E-state index in [9.17, 15) is 0 Å². The Labute approximate surface area is 89.4 Å². The maximum Gasteiger partial charge on any atom is 0.202 e. The minimum atomic E-state index is 0.171. The molecule has 78 valence electrons. The maximum atomic E-state index is 8.26. The lowest BCUT2D eigenvalue weighted by Gasteiger charge is -2.00. The molecule has 0 heterocycles. The summed E-state index contributed by atoms with van der Waals surface area (Å²) in [6, 6.07) is 8.27. The van der Waals surface area contributed by atoms with Gasteiger partial charge in [0.05, 0.1) is 0 Å². The van der Waals surface area contributed by atoms with Crippen molar-refractivity contribution in [1.29, 1.82) is 5.26 Å². The van der Waals surface area contributed by atoms with Crippen molar-refractivity contribution in [2.24, 2.45) is 10.7 Å². The Morgan fingerprint density at radius 2 is 2.13 bits per heavy atom. The predicted molar refractivity (Wildman–Crippen MR) is 60.1 cm³/mol.